The summed E-state index contributed by atoms with van der Waals surface area (Å²) in [6, 6.07) is 0.143. The molecule has 7 heteroatoms. The van der Waals surface area contributed by atoms with Gasteiger partial charge in [0.05, 0.1) is 10.6 Å². The second-order valence-corrected chi connectivity index (χ2v) is 4.54. The number of nitrogens with one attached hydrogen (secondary N) is 1. The Morgan fingerprint density at radius 1 is 1.50 bits per heavy atom. The molecule has 90 valence electrons. The molecular weight excluding hydrogens is 239 g/mol. The lowest BCUT2D eigenvalue weighted by Crippen LogP contribution is -2.17. The Hall–Kier alpha value is -1.11. The van der Waals surface area contributed by atoms with Gasteiger partial charge < -0.3 is 5.43 Å². The van der Waals surface area contributed by atoms with Gasteiger partial charge in [0.2, 0.25) is 0 Å². The molecule has 1 N–H and O–H groups in total. The molecule has 3 nitrogen and oxygen atoms in total. The molecule has 0 radical (unpaired) electrons. The molecule has 1 aromatic rings. The third-order valence-corrected chi connectivity index (χ3v) is 2.75. The van der Waals surface area contributed by atoms with Crippen molar-refractivity contribution in [2.75, 3.05) is 0 Å². The minimum atomic E-state index is -4.38. The van der Waals surface area contributed by atoms with E-state index < -0.39 is 11.2 Å². The minimum Gasteiger partial charge on any atom is -0.307 e. The average Bonchev–Trinajstić information content (AvgIpc) is 2.61. The number of nitrogens with zero attached hydrogens (tertiary/aromatic N) is 2. The SMILES string of the molecule is C/C(=N\NC(C)C)c1cnc(C(F)(F)F)s1. The van der Waals surface area contributed by atoms with E-state index in [2.05, 4.69) is 15.5 Å². The van der Waals surface area contributed by atoms with Crippen molar-refractivity contribution in [3.05, 3.63) is 16.1 Å². The summed E-state index contributed by atoms with van der Waals surface area (Å²) in [4.78, 5) is 3.74. The molecule has 0 aliphatic rings. The highest BCUT2D eigenvalue weighted by molar-refractivity contribution is 7.13. The van der Waals surface area contributed by atoms with Crippen molar-refractivity contribution in [1.82, 2.24) is 10.4 Å². The van der Waals surface area contributed by atoms with E-state index in [1.807, 2.05) is 13.8 Å². The Balaban J connectivity index is 2.82. The molecule has 0 bridgehead atoms. The van der Waals surface area contributed by atoms with Crippen molar-refractivity contribution in [1.29, 1.82) is 0 Å². The van der Waals surface area contributed by atoms with Gasteiger partial charge in [-0.1, -0.05) is 0 Å². The summed E-state index contributed by atoms with van der Waals surface area (Å²) in [6.07, 6.45) is -3.19. The molecule has 1 aromatic heterocycles. The fourth-order valence-corrected chi connectivity index (χ4v) is 1.58. The molecule has 0 unspecified atom stereocenters. The van der Waals surface area contributed by atoms with Gasteiger partial charge in [0, 0.05) is 12.2 Å². The fourth-order valence-electron chi connectivity index (χ4n) is 0.853. The zero-order chi connectivity index (χ0) is 12.3. The molecule has 0 saturated heterocycles. The summed E-state index contributed by atoms with van der Waals surface area (Å²) < 4.78 is 36.8. The maximum Gasteiger partial charge on any atom is 0.443 e. The first-order valence-corrected chi connectivity index (χ1v) is 5.45. The van der Waals surface area contributed by atoms with Gasteiger partial charge in [0.15, 0.2) is 5.01 Å². The number of hydrazone groups is 1. The monoisotopic (exact) mass is 251 g/mol. The molecule has 0 amide bonds. The van der Waals surface area contributed by atoms with E-state index in [0.717, 1.165) is 0 Å². The lowest BCUT2D eigenvalue weighted by atomic mass is 10.4. The van der Waals surface area contributed by atoms with Crippen LogP contribution in [0.3, 0.4) is 0 Å². The first-order chi connectivity index (χ1) is 7.30. The Morgan fingerprint density at radius 2 is 2.12 bits per heavy atom. The standard InChI is InChI=1S/C9H12F3N3S/c1-5(2)14-15-6(3)7-4-13-8(16-7)9(10,11)12/h4-5,14H,1-3H3/b15-6+. The van der Waals surface area contributed by atoms with Gasteiger partial charge in [-0.2, -0.15) is 18.3 Å². The average molecular weight is 251 g/mol. The number of rotatable bonds is 3. The normalized spacial score (nSPS) is 13.3. The molecule has 1 rings (SSSR count). The lowest BCUT2D eigenvalue weighted by Gasteiger charge is -2.04. The first kappa shape index (κ1) is 13.0. The molecule has 0 aliphatic carbocycles. The Morgan fingerprint density at radius 3 is 2.56 bits per heavy atom. The number of hydrogen-bond donors (Lipinski definition) is 1. The van der Waals surface area contributed by atoms with Crippen LogP contribution in [0.25, 0.3) is 0 Å². The number of alkyl halides is 3. The molecular formula is C9H12F3N3S. The molecule has 0 aliphatic heterocycles. The maximum atomic E-state index is 12.3. The highest BCUT2D eigenvalue weighted by Gasteiger charge is 2.34. The highest BCUT2D eigenvalue weighted by Crippen LogP contribution is 2.32. The molecule has 0 saturated carbocycles. The third kappa shape index (κ3) is 3.48. The molecule has 0 fully saturated rings. The zero-order valence-electron chi connectivity index (χ0n) is 9.09. The maximum absolute atomic E-state index is 12.3. The van der Waals surface area contributed by atoms with E-state index >= 15 is 0 Å². The van der Waals surface area contributed by atoms with E-state index in [9.17, 15) is 13.2 Å². The number of hydrogen-bond acceptors (Lipinski definition) is 4. The van der Waals surface area contributed by atoms with Crippen LogP contribution >= 0.6 is 11.3 Å². The Labute approximate surface area is 95.4 Å². The van der Waals surface area contributed by atoms with E-state index in [1.54, 1.807) is 6.92 Å². The summed E-state index contributed by atoms with van der Waals surface area (Å²) in [5.74, 6) is 0. The van der Waals surface area contributed by atoms with Crippen LogP contribution in [0.2, 0.25) is 0 Å². The number of thiazole rings is 1. The molecule has 0 atom stereocenters. The van der Waals surface area contributed by atoms with E-state index in [1.165, 1.54) is 6.20 Å². The first-order valence-electron chi connectivity index (χ1n) is 4.64. The number of halogens is 3. The van der Waals surface area contributed by atoms with E-state index in [4.69, 9.17) is 0 Å². The predicted molar refractivity (Wildman–Crippen MR) is 57.6 cm³/mol. The summed E-state index contributed by atoms with van der Waals surface area (Å²) >= 11 is 0.593. The molecule has 0 aromatic carbocycles. The Bertz CT molecular complexity index is 382. The van der Waals surface area contributed by atoms with Gasteiger partial charge in [-0.25, -0.2) is 4.98 Å². The topological polar surface area (TPSA) is 37.3 Å². The van der Waals surface area contributed by atoms with Gasteiger partial charge in [0.1, 0.15) is 0 Å². The quantitative estimate of drug-likeness (QED) is 0.662. The van der Waals surface area contributed by atoms with E-state index in [-0.39, 0.29) is 6.04 Å². The second-order valence-electron chi connectivity index (χ2n) is 3.51. The van der Waals surface area contributed by atoms with Crippen molar-refractivity contribution in [2.45, 2.75) is 33.0 Å². The van der Waals surface area contributed by atoms with Gasteiger partial charge >= 0.3 is 6.18 Å². The molecule has 0 spiro atoms. The smallest absolute Gasteiger partial charge is 0.307 e. The predicted octanol–water partition coefficient (Wildman–Crippen LogP) is 2.88. The largest absolute Gasteiger partial charge is 0.443 e. The van der Waals surface area contributed by atoms with Crippen LogP contribution in [0.15, 0.2) is 11.3 Å². The van der Waals surface area contributed by atoms with Crippen molar-refractivity contribution in [3.8, 4) is 0 Å². The van der Waals surface area contributed by atoms with Crippen LogP contribution in [0.5, 0.6) is 0 Å². The van der Waals surface area contributed by atoms with Gasteiger partial charge in [0.25, 0.3) is 0 Å². The fraction of sp³-hybridized carbons (Fsp3) is 0.556. The second kappa shape index (κ2) is 4.82. The van der Waals surface area contributed by atoms with Crippen LogP contribution in [0.4, 0.5) is 13.2 Å². The van der Waals surface area contributed by atoms with Crippen LogP contribution in [-0.4, -0.2) is 16.7 Å². The van der Waals surface area contributed by atoms with Gasteiger partial charge in [-0.3, -0.25) is 0 Å². The van der Waals surface area contributed by atoms with Crippen molar-refractivity contribution >= 4 is 17.0 Å². The minimum absolute atomic E-state index is 0.143. The van der Waals surface area contributed by atoms with Crippen LogP contribution in [-0.2, 0) is 6.18 Å². The van der Waals surface area contributed by atoms with Crippen molar-refractivity contribution in [3.63, 3.8) is 0 Å². The third-order valence-electron chi connectivity index (χ3n) is 1.60. The summed E-state index contributed by atoms with van der Waals surface area (Å²) in [6.45, 7) is 5.43. The number of aromatic nitrogens is 1. The van der Waals surface area contributed by atoms with Gasteiger partial charge in [-0.15, -0.1) is 11.3 Å². The van der Waals surface area contributed by atoms with Crippen molar-refractivity contribution in [2.24, 2.45) is 5.10 Å². The Kier molecular flexibility index (Phi) is 3.90. The summed E-state index contributed by atoms with van der Waals surface area (Å²) in [5.41, 5.74) is 3.28. The highest BCUT2D eigenvalue weighted by atomic mass is 32.1. The molecule has 16 heavy (non-hydrogen) atoms. The van der Waals surface area contributed by atoms with Crippen LogP contribution < -0.4 is 5.43 Å². The van der Waals surface area contributed by atoms with Crippen LogP contribution in [0, 0.1) is 0 Å². The zero-order valence-corrected chi connectivity index (χ0v) is 9.91. The van der Waals surface area contributed by atoms with E-state index in [0.29, 0.717) is 21.9 Å². The molecule has 1 heterocycles. The summed E-state index contributed by atoms with van der Waals surface area (Å²) in [7, 11) is 0. The van der Waals surface area contributed by atoms with Gasteiger partial charge in [-0.05, 0) is 20.8 Å². The van der Waals surface area contributed by atoms with Crippen molar-refractivity contribution < 1.29 is 13.2 Å². The van der Waals surface area contributed by atoms with Crippen LogP contribution in [0.1, 0.15) is 30.7 Å². The summed E-state index contributed by atoms with van der Waals surface area (Å²) in [5, 5.41) is 3.11. The lowest BCUT2D eigenvalue weighted by molar-refractivity contribution is -0.137.